The zero-order valence-corrected chi connectivity index (χ0v) is 19.7. The lowest BCUT2D eigenvalue weighted by Crippen LogP contribution is -2.49. The van der Waals surface area contributed by atoms with E-state index in [9.17, 15) is 4.79 Å². The minimum atomic E-state index is -0.206. The highest BCUT2D eigenvalue weighted by Gasteiger charge is 2.43. The summed E-state index contributed by atoms with van der Waals surface area (Å²) in [7, 11) is 0. The Morgan fingerprint density at radius 3 is 2.45 bits per heavy atom. The lowest BCUT2D eigenvalue weighted by Gasteiger charge is -2.38. The zero-order valence-electron chi connectivity index (χ0n) is 18.9. The zero-order chi connectivity index (χ0) is 22.1. The third-order valence-electron chi connectivity index (χ3n) is 5.90. The lowest BCUT2D eigenvalue weighted by atomic mass is 9.86. The van der Waals surface area contributed by atoms with Crippen LogP contribution in [0, 0.1) is 5.41 Å². The van der Waals surface area contributed by atoms with E-state index in [-0.39, 0.29) is 17.1 Å². The van der Waals surface area contributed by atoms with E-state index in [2.05, 4.69) is 68.0 Å². The monoisotopic (exact) mass is 440 g/mol. The summed E-state index contributed by atoms with van der Waals surface area (Å²) in [6.07, 6.45) is 4.37. The Labute approximate surface area is 189 Å². The molecule has 0 atom stereocenters. The van der Waals surface area contributed by atoms with Gasteiger partial charge in [0.15, 0.2) is 0 Å². The summed E-state index contributed by atoms with van der Waals surface area (Å²) < 4.78 is 15.2. The Kier molecular flexibility index (Phi) is 6.11. The van der Waals surface area contributed by atoms with E-state index >= 15 is 0 Å². The van der Waals surface area contributed by atoms with E-state index < -0.39 is 0 Å². The van der Waals surface area contributed by atoms with Gasteiger partial charge in [0.1, 0.15) is 11.4 Å². The molecule has 2 aromatic rings. The number of amides is 1. The Hall–Kier alpha value is -2.34. The van der Waals surface area contributed by atoms with Crippen molar-refractivity contribution >= 4 is 23.7 Å². The number of anilines is 1. The van der Waals surface area contributed by atoms with E-state index in [0.29, 0.717) is 19.7 Å². The van der Waals surface area contributed by atoms with Crippen LogP contribution in [0.1, 0.15) is 39.2 Å². The number of fused-ring (bicyclic) bond motifs is 1. The van der Waals surface area contributed by atoms with Crippen molar-refractivity contribution in [2.24, 2.45) is 5.41 Å². The maximum absolute atomic E-state index is 12.4. The molecule has 2 aliphatic rings. The highest BCUT2D eigenvalue weighted by Crippen LogP contribution is 2.42. The second-order valence-corrected chi connectivity index (χ2v) is 10.4. The van der Waals surface area contributed by atoms with Crippen LogP contribution in [0.2, 0.25) is 0 Å². The fraction of sp³-hybridized carbons (Fsp3) is 0.480. The van der Waals surface area contributed by atoms with Crippen molar-refractivity contribution in [1.29, 1.82) is 0 Å². The first kappa shape index (κ1) is 21.9. The van der Waals surface area contributed by atoms with Crippen LogP contribution >= 0.6 is 11.9 Å². The predicted molar refractivity (Wildman–Crippen MR) is 128 cm³/mol. The van der Waals surface area contributed by atoms with Gasteiger partial charge in [-0.3, -0.25) is 0 Å². The van der Waals surface area contributed by atoms with Crippen molar-refractivity contribution in [3.63, 3.8) is 0 Å². The van der Waals surface area contributed by atoms with Gasteiger partial charge in [-0.1, -0.05) is 50.9 Å². The van der Waals surface area contributed by atoms with Gasteiger partial charge in [-0.05, 0) is 46.4 Å². The number of rotatable bonds is 4. The maximum Gasteiger partial charge on any atom is 0.409 e. The molecule has 0 aromatic heterocycles. The first-order chi connectivity index (χ1) is 14.8. The molecule has 4 rings (SSSR count). The number of carbonyl (C=O) groups excluding carboxylic acids is 1. The van der Waals surface area contributed by atoms with Crippen LogP contribution in [0.3, 0.4) is 0 Å². The van der Waals surface area contributed by atoms with Crippen molar-refractivity contribution in [1.82, 2.24) is 4.90 Å². The number of piperidine rings is 1. The summed E-state index contributed by atoms with van der Waals surface area (Å²) in [5.74, 6) is 0.980. The van der Waals surface area contributed by atoms with Crippen LogP contribution < -0.4 is 9.46 Å². The Balaban J connectivity index is 1.38. The Morgan fingerprint density at radius 2 is 1.81 bits per heavy atom. The van der Waals surface area contributed by atoms with E-state index in [1.54, 1.807) is 11.9 Å². The maximum atomic E-state index is 12.4. The summed E-state index contributed by atoms with van der Waals surface area (Å²) in [6.45, 7) is 7.99. The molecule has 31 heavy (non-hydrogen) atoms. The summed E-state index contributed by atoms with van der Waals surface area (Å²) in [5, 5.41) is 0. The predicted octanol–water partition coefficient (Wildman–Crippen LogP) is 6.00. The molecule has 0 aliphatic carbocycles. The standard InChI is InChI=1S/C25H32N2O3S/c1-24(2,3)17-29-23(28)27-13-11-25(12-14-27)16-20-15-19(7-10-22(20)30-25)18-5-8-21(9-6-18)26-31-4/h5-10,15,26H,11-14,16-17H2,1-4H3. The normalized spacial score (nSPS) is 17.2. The van der Waals surface area contributed by atoms with Gasteiger partial charge >= 0.3 is 6.09 Å². The molecule has 1 amide bonds. The number of hydrogen-bond acceptors (Lipinski definition) is 5. The van der Waals surface area contributed by atoms with Gasteiger partial charge in [0.25, 0.3) is 0 Å². The third-order valence-corrected chi connectivity index (χ3v) is 6.34. The summed E-state index contributed by atoms with van der Waals surface area (Å²) in [6, 6.07) is 15.0. The second-order valence-electron chi connectivity index (χ2n) is 9.77. The van der Waals surface area contributed by atoms with Gasteiger partial charge in [0, 0.05) is 44.3 Å². The van der Waals surface area contributed by atoms with Gasteiger partial charge < -0.3 is 19.1 Å². The number of ether oxygens (including phenoxy) is 2. The lowest BCUT2D eigenvalue weighted by molar-refractivity contribution is 0.00956. The molecule has 0 saturated carbocycles. The molecule has 1 saturated heterocycles. The quantitative estimate of drug-likeness (QED) is 0.591. The molecule has 1 fully saturated rings. The number of likely N-dealkylation sites (tertiary alicyclic amines) is 1. The van der Waals surface area contributed by atoms with Crippen molar-refractivity contribution in [3.05, 3.63) is 48.0 Å². The Morgan fingerprint density at radius 1 is 1.13 bits per heavy atom. The van der Waals surface area contributed by atoms with Crippen LogP contribution in [-0.4, -0.2) is 42.5 Å². The van der Waals surface area contributed by atoms with Gasteiger partial charge in [-0.25, -0.2) is 4.79 Å². The summed E-state index contributed by atoms with van der Waals surface area (Å²) in [4.78, 5) is 14.2. The van der Waals surface area contributed by atoms with Gasteiger partial charge in [-0.15, -0.1) is 0 Å². The van der Waals surface area contributed by atoms with Crippen LogP contribution in [0.5, 0.6) is 5.75 Å². The van der Waals surface area contributed by atoms with Crippen molar-refractivity contribution in [2.75, 3.05) is 30.7 Å². The number of nitrogens with one attached hydrogen (secondary N) is 1. The average Bonchev–Trinajstić information content (AvgIpc) is 3.09. The molecular weight excluding hydrogens is 408 g/mol. The second kappa shape index (κ2) is 8.65. The first-order valence-electron chi connectivity index (χ1n) is 10.9. The van der Waals surface area contributed by atoms with Crippen LogP contribution in [0.15, 0.2) is 42.5 Å². The number of benzene rings is 2. The van der Waals surface area contributed by atoms with Crippen molar-refractivity contribution in [3.8, 4) is 16.9 Å². The molecule has 2 heterocycles. The van der Waals surface area contributed by atoms with E-state index in [1.165, 1.54) is 16.7 Å². The number of hydrogen-bond donors (Lipinski definition) is 1. The van der Waals surface area contributed by atoms with Crippen LogP contribution in [0.4, 0.5) is 10.5 Å². The first-order valence-corrected chi connectivity index (χ1v) is 12.1. The van der Waals surface area contributed by atoms with Crippen LogP contribution in [0.25, 0.3) is 11.1 Å². The third kappa shape index (κ3) is 5.12. The molecule has 5 nitrogen and oxygen atoms in total. The average molecular weight is 441 g/mol. The van der Waals surface area contributed by atoms with E-state index in [4.69, 9.17) is 9.47 Å². The van der Waals surface area contributed by atoms with Crippen molar-refractivity contribution in [2.45, 2.75) is 45.6 Å². The van der Waals surface area contributed by atoms with Gasteiger partial charge in [0.2, 0.25) is 0 Å². The molecular formula is C25H32N2O3S. The minimum absolute atomic E-state index is 0.0214. The molecule has 0 bridgehead atoms. The molecule has 2 aliphatic heterocycles. The topological polar surface area (TPSA) is 50.8 Å². The largest absolute Gasteiger partial charge is 0.487 e. The molecule has 166 valence electrons. The minimum Gasteiger partial charge on any atom is -0.487 e. The molecule has 2 aromatic carbocycles. The highest BCUT2D eigenvalue weighted by molar-refractivity contribution is 7.99. The fourth-order valence-corrected chi connectivity index (χ4v) is 4.58. The SMILES string of the molecule is CSNc1ccc(-c2ccc3c(c2)CC2(CCN(C(=O)OCC(C)(C)C)CC2)O3)cc1. The molecule has 6 heteroatoms. The van der Waals surface area contributed by atoms with Crippen LogP contribution in [-0.2, 0) is 11.2 Å². The number of nitrogens with zero attached hydrogens (tertiary/aromatic N) is 1. The molecule has 1 spiro atoms. The van der Waals surface area contributed by atoms with Gasteiger partial charge in [0.05, 0.1) is 6.61 Å². The molecule has 0 radical (unpaired) electrons. The summed E-state index contributed by atoms with van der Waals surface area (Å²) in [5.41, 5.74) is 4.55. The van der Waals surface area contributed by atoms with E-state index in [1.807, 2.05) is 11.2 Å². The fourth-order valence-electron chi connectivity index (χ4n) is 4.21. The van der Waals surface area contributed by atoms with E-state index in [0.717, 1.165) is 30.7 Å². The smallest absolute Gasteiger partial charge is 0.409 e. The summed E-state index contributed by atoms with van der Waals surface area (Å²) >= 11 is 1.59. The van der Waals surface area contributed by atoms with Gasteiger partial charge in [-0.2, -0.15) is 0 Å². The highest BCUT2D eigenvalue weighted by atomic mass is 32.2. The molecule has 0 unspecified atom stereocenters. The van der Waals surface area contributed by atoms with Crippen molar-refractivity contribution < 1.29 is 14.3 Å². The number of carbonyl (C=O) groups is 1. The molecule has 1 N–H and O–H groups in total. The Bertz CT molecular complexity index is 929.